The molecule has 5 nitrogen and oxygen atoms in total. The Morgan fingerprint density at radius 2 is 1.83 bits per heavy atom. The van der Waals surface area contributed by atoms with Gasteiger partial charge in [-0.3, -0.25) is 9.59 Å². The molecule has 2 rings (SSSR count). The fraction of sp³-hybridized carbons (Fsp3) is 0.500. The maximum atomic E-state index is 12.4. The molecule has 1 N–H and O–H groups in total. The largest absolute Gasteiger partial charge is 0.350 e. The lowest BCUT2D eigenvalue weighted by Gasteiger charge is -2.33. The van der Waals surface area contributed by atoms with Gasteiger partial charge in [0.2, 0.25) is 5.91 Å². The molecule has 0 aliphatic rings. The predicted octanol–water partition coefficient (Wildman–Crippen LogP) is 2.73. The third kappa shape index (κ3) is 4.65. The molecule has 0 fully saturated rings. The SMILES string of the molecule is CC(C)(C)CC(C)(C)NC(=O)Cn1ncc2ccccc2c1=O. The molecule has 1 amide bonds. The minimum absolute atomic E-state index is 0.0722. The van der Waals surface area contributed by atoms with E-state index in [2.05, 4.69) is 31.2 Å². The van der Waals surface area contributed by atoms with E-state index >= 15 is 0 Å². The maximum Gasteiger partial charge on any atom is 0.275 e. The van der Waals surface area contributed by atoms with Crippen LogP contribution in [0.2, 0.25) is 0 Å². The van der Waals surface area contributed by atoms with Crippen LogP contribution in [-0.2, 0) is 11.3 Å². The number of nitrogens with zero attached hydrogens (tertiary/aromatic N) is 2. The highest BCUT2D eigenvalue weighted by molar-refractivity contribution is 5.81. The van der Waals surface area contributed by atoms with Gasteiger partial charge in [0.1, 0.15) is 6.54 Å². The highest BCUT2D eigenvalue weighted by Gasteiger charge is 2.27. The van der Waals surface area contributed by atoms with Crippen LogP contribution >= 0.6 is 0 Å². The minimum Gasteiger partial charge on any atom is -0.350 e. The monoisotopic (exact) mass is 315 g/mol. The van der Waals surface area contributed by atoms with E-state index in [1.807, 2.05) is 26.0 Å². The van der Waals surface area contributed by atoms with Crippen molar-refractivity contribution in [1.82, 2.24) is 15.1 Å². The number of benzene rings is 1. The van der Waals surface area contributed by atoms with E-state index in [0.29, 0.717) is 5.39 Å². The van der Waals surface area contributed by atoms with E-state index in [9.17, 15) is 9.59 Å². The molecule has 0 radical (unpaired) electrons. The standard InChI is InChI=1S/C18H25N3O2/c1-17(2,3)12-18(4,5)20-15(22)11-21-16(23)14-9-7-6-8-13(14)10-19-21/h6-10H,11-12H2,1-5H3,(H,20,22). The zero-order valence-electron chi connectivity index (χ0n) is 14.5. The van der Waals surface area contributed by atoms with Gasteiger partial charge in [-0.05, 0) is 31.7 Å². The number of carbonyl (C=O) groups is 1. The van der Waals surface area contributed by atoms with Crippen LogP contribution in [0.25, 0.3) is 10.8 Å². The Morgan fingerprint density at radius 3 is 2.48 bits per heavy atom. The topological polar surface area (TPSA) is 64.0 Å². The lowest BCUT2D eigenvalue weighted by molar-refractivity contribution is -0.123. The van der Waals surface area contributed by atoms with E-state index in [-0.39, 0.29) is 29.0 Å². The molecule has 1 heterocycles. The molecule has 2 aromatic rings. The number of hydrogen-bond donors (Lipinski definition) is 1. The van der Waals surface area contributed by atoms with Crippen molar-refractivity contribution in [2.24, 2.45) is 5.41 Å². The second kappa shape index (κ2) is 6.14. The number of amides is 1. The molecular formula is C18H25N3O2. The molecule has 23 heavy (non-hydrogen) atoms. The Hall–Kier alpha value is -2.17. The lowest BCUT2D eigenvalue weighted by Crippen LogP contribution is -2.47. The molecule has 0 aliphatic carbocycles. The molecule has 0 saturated heterocycles. The van der Waals surface area contributed by atoms with Gasteiger partial charge < -0.3 is 5.32 Å². The van der Waals surface area contributed by atoms with E-state index in [1.165, 1.54) is 4.68 Å². The highest BCUT2D eigenvalue weighted by atomic mass is 16.2. The van der Waals surface area contributed by atoms with E-state index in [0.717, 1.165) is 11.8 Å². The summed E-state index contributed by atoms with van der Waals surface area (Å²) >= 11 is 0. The second-order valence-electron chi connectivity index (χ2n) is 7.86. The van der Waals surface area contributed by atoms with Crippen molar-refractivity contribution in [1.29, 1.82) is 0 Å². The van der Waals surface area contributed by atoms with Gasteiger partial charge in [-0.25, -0.2) is 4.68 Å². The van der Waals surface area contributed by atoms with Crippen molar-refractivity contribution in [3.8, 4) is 0 Å². The van der Waals surface area contributed by atoms with Gasteiger partial charge in [-0.2, -0.15) is 5.10 Å². The van der Waals surface area contributed by atoms with Crippen LogP contribution in [0.3, 0.4) is 0 Å². The van der Waals surface area contributed by atoms with Gasteiger partial charge in [0.15, 0.2) is 0 Å². The summed E-state index contributed by atoms with van der Waals surface area (Å²) in [6.45, 7) is 10.3. The van der Waals surface area contributed by atoms with Crippen molar-refractivity contribution in [2.45, 2.75) is 53.1 Å². The smallest absolute Gasteiger partial charge is 0.275 e. The molecule has 0 unspecified atom stereocenters. The number of fused-ring (bicyclic) bond motifs is 1. The Morgan fingerprint density at radius 1 is 1.17 bits per heavy atom. The molecule has 0 bridgehead atoms. The van der Waals surface area contributed by atoms with Crippen molar-refractivity contribution in [3.05, 3.63) is 40.8 Å². The predicted molar refractivity (Wildman–Crippen MR) is 92.3 cm³/mol. The summed E-state index contributed by atoms with van der Waals surface area (Å²) < 4.78 is 1.21. The molecule has 0 aliphatic heterocycles. The Labute approximate surface area is 136 Å². The molecule has 1 aromatic heterocycles. The number of nitrogens with one attached hydrogen (secondary N) is 1. The van der Waals surface area contributed by atoms with Crippen LogP contribution in [-0.4, -0.2) is 21.2 Å². The molecule has 0 atom stereocenters. The first-order chi connectivity index (χ1) is 10.6. The first-order valence-electron chi connectivity index (χ1n) is 7.83. The first kappa shape index (κ1) is 17.2. The first-order valence-corrected chi connectivity index (χ1v) is 7.83. The molecular weight excluding hydrogens is 290 g/mol. The fourth-order valence-corrected chi connectivity index (χ4v) is 3.16. The average molecular weight is 315 g/mol. The number of hydrogen-bond acceptors (Lipinski definition) is 3. The highest BCUT2D eigenvalue weighted by Crippen LogP contribution is 2.26. The summed E-state index contributed by atoms with van der Waals surface area (Å²) in [5, 5.41) is 8.45. The molecule has 124 valence electrons. The average Bonchev–Trinajstić information content (AvgIpc) is 2.38. The second-order valence-corrected chi connectivity index (χ2v) is 7.86. The lowest BCUT2D eigenvalue weighted by atomic mass is 9.82. The molecule has 0 spiro atoms. The van der Waals surface area contributed by atoms with Crippen LogP contribution in [0.1, 0.15) is 41.0 Å². The van der Waals surface area contributed by atoms with Crippen LogP contribution in [0.4, 0.5) is 0 Å². The number of aromatic nitrogens is 2. The third-order valence-electron chi connectivity index (χ3n) is 3.51. The summed E-state index contributed by atoms with van der Waals surface area (Å²) in [6.07, 6.45) is 2.45. The van der Waals surface area contributed by atoms with E-state index in [4.69, 9.17) is 0 Å². The van der Waals surface area contributed by atoms with Gasteiger partial charge in [-0.15, -0.1) is 0 Å². The fourth-order valence-electron chi connectivity index (χ4n) is 3.16. The van der Waals surface area contributed by atoms with E-state index in [1.54, 1.807) is 18.3 Å². The quantitative estimate of drug-likeness (QED) is 0.943. The summed E-state index contributed by atoms with van der Waals surface area (Å²) in [7, 11) is 0. The van der Waals surface area contributed by atoms with Gasteiger partial charge >= 0.3 is 0 Å². The van der Waals surface area contributed by atoms with Crippen molar-refractivity contribution in [2.75, 3.05) is 0 Å². The van der Waals surface area contributed by atoms with Crippen LogP contribution < -0.4 is 10.9 Å². The molecule has 0 saturated carbocycles. The summed E-state index contributed by atoms with van der Waals surface area (Å²) in [5.74, 6) is -0.205. The molecule has 5 heteroatoms. The Balaban J connectivity index is 2.15. The van der Waals surface area contributed by atoms with Crippen molar-refractivity contribution < 1.29 is 4.79 Å². The Bertz CT molecular complexity index is 770. The summed E-state index contributed by atoms with van der Waals surface area (Å²) in [5.41, 5.74) is -0.475. The Kier molecular flexibility index (Phi) is 4.59. The van der Waals surface area contributed by atoms with Crippen LogP contribution in [0.5, 0.6) is 0 Å². The van der Waals surface area contributed by atoms with Gasteiger partial charge in [0.25, 0.3) is 5.56 Å². The minimum atomic E-state index is -0.338. The van der Waals surface area contributed by atoms with Crippen LogP contribution in [0.15, 0.2) is 35.3 Å². The third-order valence-corrected chi connectivity index (χ3v) is 3.51. The zero-order chi connectivity index (χ0) is 17.3. The normalized spacial score (nSPS) is 12.4. The number of rotatable bonds is 4. The van der Waals surface area contributed by atoms with Crippen molar-refractivity contribution >= 4 is 16.7 Å². The van der Waals surface area contributed by atoms with E-state index < -0.39 is 0 Å². The zero-order valence-corrected chi connectivity index (χ0v) is 14.5. The van der Waals surface area contributed by atoms with Gasteiger partial charge in [-0.1, -0.05) is 39.0 Å². The van der Waals surface area contributed by atoms with Gasteiger partial charge in [0.05, 0.1) is 11.6 Å². The molecule has 1 aromatic carbocycles. The number of carbonyl (C=O) groups excluding carboxylic acids is 1. The maximum absolute atomic E-state index is 12.4. The van der Waals surface area contributed by atoms with Gasteiger partial charge in [0, 0.05) is 10.9 Å². The van der Waals surface area contributed by atoms with Crippen molar-refractivity contribution in [3.63, 3.8) is 0 Å². The summed E-state index contributed by atoms with van der Waals surface area (Å²) in [4.78, 5) is 24.7. The summed E-state index contributed by atoms with van der Waals surface area (Å²) in [6, 6.07) is 7.24. The van der Waals surface area contributed by atoms with Crippen LogP contribution in [0, 0.1) is 5.41 Å².